The number of guanidine groups is 1. The normalized spacial score (nSPS) is 15.1. The predicted octanol–water partition coefficient (Wildman–Crippen LogP) is 2.05. The molecule has 0 aliphatic heterocycles. The fourth-order valence-corrected chi connectivity index (χ4v) is 3.27. The lowest BCUT2D eigenvalue weighted by Gasteiger charge is -2.23. The largest absolute Gasteiger partial charge is 0.356 e. The molecule has 1 aliphatic carbocycles. The summed E-state index contributed by atoms with van der Waals surface area (Å²) in [6, 6.07) is 5.79. The molecular formula is C19H30IN7O. The van der Waals surface area contributed by atoms with Gasteiger partial charge in [0.05, 0.1) is 6.54 Å². The zero-order chi connectivity index (χ0) is 19.1. The molecular weight excluding hydrogens is 469 g/mol. The fraction of sp³-hybridized carbons (Fsp3) is 0.579. The van der Waals surface area contributed by atoms with Crippen LogP contribution in [0.3, 0.4) is 0 Å². The molecule has 0 spiro atoms. The Balaban J connectivity index is 0.00000280. The van der Waals surface area contributed by atoms with Crippen LogP contribution < -0.4 is 10.6 Å². The Kier molecular flexibility index (Phi) is 8.94. The van der Waals surface area contributed by atoms with Crippen molar-refractivity contribution in [2.24, 2.45) is 10.9 Å². The SMILES string of the molecule is CN(C)C(=O)CNC(=NCc1nnc2ccccn12)NCC1CCCCC1.I. The number of halogens is 1. The molecule has 28 heavy (non-hydrogen) atoms. The quantitative estimate of drug-likeness (QED) is 0.361. The third-order valence-corrected chi connectivity index (χ3v) is 4.95. The van der Waals surface area contributed by atoms with E-state index in [2.05, 4.69) is 25.8 Å². The van der Waals surface area contributed by atoms with Gasteiger partial charge in [-0.25, -0.2) is 4.99 Å². The smallest absolute Gasteiger partial charge is 0.241 e. The number of amides is 1. The van der Waals surface area contributed by atoms with Crippen LogP contribution in [0.15, 0.2) is 29.4 Å². The molecule has 0 radical (unpaired) electrons. The van der Waals surface area contributed by atoms with E-state index in [-0.39, 0.29) is 36.4 Å². The maximum Gasteiger partial charge on any atom is 0.241 e. The van der Waals surface area contributed by atoms with Crippen molar-refractivity contribution in [2.75, 3.05) is 27.2 Å². The number of hydrogen-bond donors (Lipinski definition) is 2. The predicted molar refractivity (Wildman–Crippen MR) is 121 cm³/mol. The van der Waals surface area contributed by atoms with Gasteiger partial charge in [-0.2, -0.15) is 0 Å². The molecule has 1 aliphatic rings. The number of aliphatic imine (C=N–C) groups is 1. The Hall–Kier alpha value is -1.91. The molecule has 0 unspecified atom stereocenters. The Morgan fingerprint density at radius 1 is 1.21 bits per heavy atom. The van der Waals surface area contributed by atoms with Crippen LogP contribution in [0.1, 0.15) is 37.9 Å². The topological polar surface area (TPSA) is 86.9 Å². The molecule has 0 bridgehead atoms. The van der Waals surface area contributed by atoms with E-state index >= 15 is 0 Å². The summed E-state index contributed by atoms with van der Waals surface area (Å²) in [6.45, 7) is 1.48. The molecule has 1 saturated carbocycles. The van der Waals surface area contributed by atoms with Crippen molar-refractivity contribution in [1.82, 2.24) is 30.1 Å². The molecule has 0 atom stereocenters. The number of likely N-dealkylation sites (N-methyl/N-ethyl adjacent to an activating group) is 1. The monoisotopic (exact) mass is 499 g/mol. The van der Waals surface area contributed by atoms with Crippen LogP contribution in [-0.4, -0.2) is 58.5 Å². The first-order chi connectivity index (χ1) is 13.1. The molecule has 1 amide bonds. The summed E-state index contributed by atoms with van der Waals surface area (Å²) in [5, 5.41) is 14.9. The van der Waals surface area contributed by atoms with Gasteiger partial charge in [-0.3, -0.25) is 9.20 Å². The third-order valence-electron chi connectivity index (χ3n) is 4.95. The van der Waals surface area contributed by atoms with Crippen LogP contribution in [-0.2, 0) is 11.3 Å². The summed E-state index contributed by atoms with van der Waals surface area (Å²) in [7, 11) is 3.50. The summed E-state index contributed by atoms with van der Waals surface area (Å²) >= 11 is 0. The maximum atomic E-state index is 11.9. The molecule has 0 aromatic carbocycles. The summed E-state index contributed by atoms with van der Waals surface area (Å²) in [5.41, 5.74) is 0.801. The van der Waals surface area contributed by atoms with Gasteiger partial charge in [-0.05, 0) is 30.9 Å². The summed E-state index contributed by atoms with van der Waals surface area (Å²) in [5.74, 6) is 2.09. The van der Waals surface area contributed by atoms with Crippen LogP contribution in [0.25, 0.3) is 5.65 Å². The highest BCUT2D eigenvalue weighted by Crippen LogP contribution is 2.22. The van der Waals surface area contributed by atoms with Gasteiger partial charge in [0.2, 0.25) is 5.91 Å². The van der Waals surface area contributed by atoms with Crippen molar-refractivity contribution in [1.29, 1.82) is 0 Å². The lowest BCUT2D eigenvalue weighted by Crippen LogP contribution is -2.44. The molecule has 154 valence electrons. The molecule has 1 fully saturated rings. The first-order valence-electron chi connectivity index (χ1n) is 9.64. The molecule has 2 aromatic rings. The Morgan fingerprint density at radius 3 is 2.75 bits per heavy atom. The zero-order valence-corrected chi connectivity index (χ0v) is 18.9. The van der Waals surface area contributed by atoms with E-state index in [0.29, 0.717) is 18.4 Å². The second kappa shape index (κ2) is 11.2. The number of nitrogens with zero attached hydrogens (tertiary/aromatic N) is 5. The third kappa shape index (κ3) is 6.32. The minimum absolute atomic E-state index is 0. The Morgan fingerprint density at radius 2 is 2.00 bits per heavy atom. The minimum atomic E-state index is 0. The number of aromatic nitrogens is 3. The van der Waals surface area contributed by atoms with E-state index in [4.69, 9.17) is 0 Å². The van der Waals surface area contributed by atoms with Crippen molar-refractivity contribution >= 4 is 41.5 Å². The van der Waals surface area contributed by atoms with Crippen LogP contribution in [0.5, 0.6) is 0 Å². The van der Waals surface area contributed by atoms with Gasteiger partial charge in [-0.15, -0.1) is 34.2 Å². The summed E-state index contributed by atoms with van der Waals surface area (Å²) in [4.78, 5) is 18.1. The van der Waals surface area contributed by atoms with Crippen molar-refractivity contribution in [3.05, 3.63) is 30.2 Å². The molecule has 9 heteroatoms. The zero-order valence-electron chi connectivity index (χ0n) is 16.6. The van der Waals surface area contributed by atoms with Gasteiger partial charge in [0.15, 0.2) is 17.4 Å². The summed E-state index contributed by atoms with van der Waals surface area (Å²) in [6.07, 6.45) is 8.39. The number of rotatable bonds is 6. The number of pyridine rings is 1. The van der Waals surface area contributed by atoms with Gasteiger partial charge < -0.3 is 15.5 Å². The molecule has 0 saturated heterocycles. The van der Waals surface area contributed by atoms with Crippen LogP contribution in [0.2, 0.25) is 0 Å². The standard InChI is InChI=1S/C19H29N7O.HI/c1-25(2)18(27)14-22-19(20-12-15-8-4-3-5-9-15)21-13-17-24-23-16-10-6-7-11-26(16)17;/h6-7,10-11,15H,3-5,8-9,12-14H2,1-2H3,(H2,20,21,22);1H. The van der Waals surface area contributed by atoms with Crippen LogP contribution >= 0.6 is 24.0 Å². The van der Waals surface area contributed by atoms with E-state index in [9.17, 15) is 4.79 Å². The second-order valence-corrected chi connectivity index (χ2v) is 7.24. The van der Waals surface area contributed by atoms with Gasteiger partial charge in [0.1, 0.15) is 6.54 Å². The minimum Gasteiger partial charge on any atom is -0.356 e. The molecule has 2 heterocycles. The molecule has 8 nitrogen and oxygen atoms in total. The number of fused-ring (bicyclic) bond motifs is 1. The summed E-state index contributed by atoms with van der Waals surface area (Å²) < 4.78 is 1.92. The van der Waals surface area contributed by atoms with E-state index in [1.807, 2.05) is 28.8 Å². The average Bonchev–Trinajstić information content (AvgIpc) is 3.11. The lowest BCUT2D eigenvalue weighted by molar-refractivity contribution is -0.127. The highest BCUT2D eigenvalue weighted by atomic mass is 127. The maximum absolute atomic E-state index is 11.9. The van der Waals surface area contributed by atoms with E-state index in [1.165, 1.54) is 32.1 Å². The molecule has 3 rings (SSSR count). The van der Waals surface area contributed by atoms with E-state index in [1.54, 1.807) is 19.0 Å². The van der Waals surface area contributed by atoms with Crippen molar-refractivity contribution in [3.8, 4) is 0 Å². The second-order valence-electron chi connectivity index (χ2n) is 7.24. The highest BCUT2D eigenvalue weighted by Gasteiger charge is 2.14. The molecule has 2 aromatic heterocycles. The average molecular weight is 499 g/mol. The number of nitrogens with one attached hydrogen (secondary N) is 2. The van der Waals surface area contributed by atoms with E-state index in [0.717, 1.165) is 18.0 Å². The Bertz CT molecular complexity index is 783. The van der Waals surface area contributed by atoms with Gasteiger partial charge in [0.25, 0.3) is 0 Å². The van der Waals surface area contributed by atoms with Crippen LogP contribution in [0, 0.1) is 5.92 Å². The number of carbonyl (C=O) groups excluding carboxylic acids is 1. The first-order valence-corrected chi connectivity index (χ1v) is 9.64. The van der Waals surface area contributed by atoms with Crippen molar-refractivity contribution < 1.29 is 4.79 Å². The molecule has 2 N–H and O–H groups in total. The van der Waals surface area contributed by atoms with Crippen molar-refractivity contribution in [2.45, 2.75) is 38.6 Å². The Labute approximate surface area is 183 Å². The first kappa shape index (κ1) is 22.4. The fourth-order valence-electron chi connectivity index (χ4n) is 3.27. The number of carbonyl (C=O) groups is 1. The highest BCUT2D eigenvalue weighted by molar-refractivity contribution is 14.0. The van der Waals surface area contributed by atoms with Crippen LogP contribution in [0.4, 0.5) is 0 Å². The van der Waals surface area contributed by atoms with E-state index < -0.39 is 0 Å². The lowest BCUT2D eigenvalue weighted by atomic mass is 9.89. The van der Waals surface area contributed by atoms with Gasteiger partial charge in [-0.1, -0.05) is 25.3 Å². The van der Waals surface area contributed by atoms with Gasteiger partial charge >= 0.3 is 0 Å². The number of hydrogen-bond acceptors (Lipinski definition) is 4. The van der Waals surface area contributed by atoms with Gasteiger partial charge in [0, 0.05) is 26.8 Å². The van der Waals surface area contributed by atoms with Crippen molar-refractivity contribution in [3.63, 3.8) is 0 Å².